The van der Waals surface area contributed by atoms with E-state index in [9.17, 15) is 14.4 Å². The van der Waals surface area contributed by atoms with E-state index >= 15 is 0 Å². The second-order valence-corrected chi connectivity index (χ2v) is 4.90. The van der Waals surface area contributed by atoms with Gasteiger partial charge in [-0.2, -0.15) is 0 Å². The number of ether oxygens (including phenoxy) is 1. The van der Waals surface area contributed by atoms with Crippen molar-refractivity contribution in [1.82, 2.24) is 10.6 Å². The van der Waals surface area contributed by atoms with Gasteiger partial charge in [-0.05, 0) is 25.5 Å². The van der Waals surface area contributed by atoms with Crippen molar-refractivity contribution >= 4 is 17.8 Å². The predicted octanol–water partition coefficient (Wildman–Crippen LogP) is 1.18. The Morgan fingerprint density at radius 2 is 1.68 bits per heavy atom. The molecule has 0 radical (unpaired) electrons. The van der Waals surface area contributed by atoms with Crippen molar-refractivity contribution in [2.45, 2.75) is 26.2 Å². The fourth-order valence-electron chi connectivity index (χ4n) is 1.75. The molecule has 1 rings (SSSR count). The molecule has 0 heterocycles. The molecule has 22 heavy (non-hydrogen) atoms. The zero-order valence-electron chi connectivity index (χ0n) is 13.0. The van der Waals surface area contributed by atoms with Crippen LogP contribution in [0.5, 0.6) is 0 Å². The van der Waals surface area contributed by atoms with Gasteiger partial charge in [0.25, 0.3) is 5.91 Å². The third-order valence-electron chi connectivity index (χ3n) is 3.06. The number of methoxy groups -OCH3 is 1. The minimum absolute atomic E-state index is 0.145. The SMILES string of the molecule is COC(=O)CCNC(=O)CCCNC(=O)c1ccc(C)cc1. The summed E-state index contributed by atoms with van der Waals surface area (Å²) in [6, 6.07) is 7.29. The standard InChI is InChI=1S/C16H22N2O4/c1-12-5-7-13(8-6-12)16(21)18-10-3-4-14(19)17-11-9-15(20)22-2/h5-8H,3-4,9-11H2,1-2H3,(H,17,19)(H,18,21). The van der Waals surface area contributed by atoms with Crippen LogP contribution in [-0.2, 0) is 14.3 Å². The lowest BCUT2D eigenvalue weighted by atomic mass is 10.1. The van der Waals surface area contributed by atoms with E-state index in [1.54, 1.807) is 12.1 Å². The van der Waals surface area contributed by atoms with Crippen LogP contribution in [0.25, 0.3) is 0 Å². The first-order valence-electron chi connectivity index (χ1n) is 7.21. The van der Waals surface area contributed by atoms with Gasteiger partial charge >= 0.3 is 5.97 Å². The summed E-state index contributed by atoms with van der Waals surface area (Å²) in [5, 5.41) is 5.39. The van der Waals surface area contributed by atoms with E-state index in [0.717, 1.165) is 5.56 Å². The molecule has 1 aromatic carbocycles. The minimum atomic E-state index is -0.356. The number of hydrogen-bond acceptors (Lipinski definition) is 4. The highest BCUT2D eigenvalue weighted by Gasteiger charge is 2.06. The van der Waals surface area contributed by atoms with Crippen LogP contribution in [0.2, 0.25) is 0 Å². The third-order valence-corrected chi connectivity index (χ3v) is 3.06. The Labute approximate surface area is 130 Å². The molecule has 0 aliphatic heterocycles. The Morgan fingerprint density at radius 3 is 2.32 bits per heavy atom. The van der Waals surface area contributed by atoms with Gasteiger partial charge in [0, 0.05) is 25.1 Å². The van der Waals surface area contributed by atoms with Crippen LogP contribution >= 0.6 is 0 Å². The van der Waals surface area contributed by atoms with E-state index in [2.05, 4.69) is 15.4 Å². The zero-order chi connectivity index (χ0) is 16.4. The average Bonchev–Trinajstić information content (AvgIpc) is 2.51. The van der Waals surface area contributed by atoms with Gasteiger partial charge < -0.3 is 15.4 Å². The van der Waals surface area contributed by atoms with Crippen molar-refractivity contribution in [3.63, 3.8) is 0 Å². The van der Waals surface area contributed by atoms with Gasteiger partial charge in [0.15, 0.2) is 0 Å². The molecule has 6 nitrogen and oxygen atoms in total. The first-order chi connectivity index (χ1) is 10.5. The molecule has 0 aliphatic rings. The summed E-state index contributed by atoms with van der Waals surface area (Å²) >= 11 is 0. The second-order valence-electron chi connectivity index (χ2n) is 4.90. The van der Waals surface area contributed by atoms with Crippen LogP contribution < -0.4 is 10.6 Å². The Morgan fingerprint density at radius 1 is 1.00 bits per heavy atom. The van der Waals surface area contributed by atoms with Gasteiger partial charge in [-0.3, -0.25) is 14.4 Å². The minimum Gasteiger partial charge on any atom is -0.469 e. The summed E-state index contributed by atoms with van der Waals surface area (Å²) in [6.45, 7) is 2.65. The van der Waals surface area contributed by atoms with Gasteiger partial charge in [-0.25, -0.2) is 0 Å². The van der Waals surface area contributed by atoms with Gasteiger partial charge in [0.2, 0.25) is 5.91 Å². The molecule has 0 unspecified atom stereocenters. The van der Waals surface area contributed by atoms with Crippen molar-refractivity contribution < 1.29 is 19.1 Å². The molecule has 0 aliphatic carbocycles. The number of amides is 2. The van der Waals surface area contributed by atoms with Crippen LogP contribution in [0.15, 0.2) is 24.3 Å². The number of rotatable bonds is 8. The van der Waals surface area contributed by atoms with Crippen LogP contribution in [0.1, 0.15) is 35.2 Å². The number of aryl methyl sites for hydroxylation is 1. The molecule has 120 valence electrons. The Hall–Kier alpha value is -2.37. The molecule has 2 amide bonds. The Kier molecular flexibility index (Phi) is 7.67. The van der Waals surface area contributed by atoms with Crippen LogP contribution in [0, 0.1) is 6.92 Å². The first kappa shape index (κ1) is 17.7. The number of carbonyl (C=O) groups excluding carboxylic acids is 3. The van der Waals surface area contributed by atoms with Gasteiger partial charge in [0.1, 0.15) is 0 Å². The van der Waals surface area contributed by atoms with E-state index < -0.39 is 0 Å². The topological polar surface area (TPSA) is 84.5 Å². The lowest BCUT2D eigenvalue weighted by molar-refractivity contribution is -0.140. The number of benzene rings is 1. The monoisotopic (exact) mass is 306 g/mol. The quantitative estimate of drug-likeness (QED) is 0.558. The van der Waals surface area contributed by atoms with Crippen molar-refractivity contribution in [2.24, 2.45) is 0 Å². The summed E-state index contributed by atoms with van der Waals surface area (Å²) in [6.07, 6.45) is 1.00. The second kappa shape index (κ2) is 9.55. The summed E-state index contributed by atoms with van der Waals surface area (Å²) in [4.78, 5) is 34.2. The fourth-order valence-corrected chi connectivity index (χ4v) is 1.75. The zero-order valence-corrected chi connectivity index (χ0v) is 13.0. The maximum Gasteiger partial charge on any atom is 0.307 e. The summed E-state index contributed by atoms with van der Waals surface area (Å²) < 4.78 is 4.47. The maximum atomic E-state index is 11.8. The molecule has 0 bridgehead atoms. The molecule has 1 aromatic rings. The first-order valence-corrected chi connectivity index (χ1v) is 7.21. The molecule has 0 fully saturated rings. The van der Waals surface area contributed by atoms with Crippen LogP contribution in [-0.4, -0.2) is 38.0 Å². The molecule has 0 aromatic heterocycles. The highest BCUT2D eigenvalue weighted by Crippen LogP contribution is 2.02. The highest BCUT2D eigenvalue weighted by molar-refractivity contribution is 5.94. The largest absolute Gasteiger partial charge is 0.469 e. The molecule has 0 saturated heterocycles. The smallest absolute Gasteiger partial charge is 0.307 e. The normalized spacial score (nSPS) is 9.91. The van der Waals surface area contributed by atoms with Crippen LogP contribution in [0.4, 0.5) is 0 Å². The van der Waals surface area contributed by atoms with Crippen molar-refractivity contribution in [3.8, 4) is 0 Å². The Balaban J connectivity index is 2.14. The highest BCUT2D eigenvalue weighted by atomic mass is 16.5. The lowest BCUT2D eigenvalue weighted by Crippen LogP contribution is -2.28. The van der Waals surface area contributed by atoms with E-state index in [1.807, 2.05) is 19.1 Å². The fraction of sp³-hybridized carbons (Fsp3) is 0.438. The Bertz CT molecular complexity index is 511. The van der Waals surface area contributed by atoms with Gasteiger partial charge in [-0.15, -0.1) is 0 Å². The van der Waals surface area contributed by atoms with Gasteiger partial charge in [0.05, 0.1) is 13.5 Å². The van der Waals surface area contributed by atoms with Crippen molar-refractivity contribution in [1.29, 1.82) is 0 Å². The maximum absolute atomic E-state index is 11.8. The summed E-state index contributed by atoms with van der Waals surface area (Å²) in [5.74, 6) is -0.648. The molecule has 0 spiro atoms. The summed E-state index contributed by atoms with van der Waals surface area (Å²) in [5.41, 5.74) is 1.70. The molecule has 2 N–H and O–H groups in total. The number of carbonyl (C=O) groups is 3. The number of nitrogens with one attached hydrogen (secondary N) is 2. The lowest BCUT2D eigenvalue weighted by Gasteiger charge is -2.06. The molecular weight excluding hydrogens is 284 g/mol. The van der Waals surface area contributed by atoms with E-state index in [0.29, 0.717) is 24.9 Å². The predicted molar refractivity (Wildman–Crippen MR) is 82.4 cm³/mol. The average molecular weight is 306 g/mol. The van der Waals surface area contributed by atoms with Crippen molar-refractivity contribution in [2.75, 3.05) is 20.2 Å². The van der Waals surface area contributed by atoms with E-state index in [-0.39, 0.29) is 30.7 Å². The van der Waals surface area contributed by atoms with Crippen molar-refractivity contribution in [3.05, 3.63) is 35.4 Å². The van der Waals surface area contributed by atoms with Crippen LogP contribution in [0.3, 0.4) is 0 Å². The molecular formula is C16H22N2O4. The molecule has 0 saturated carbocycles. The molecule has 0 atom stereocenters. The summed E-state index contributed by atoms with van der Waals surface area (Å²) in [7, 11) is 1.31. The molecule has 6 heteroatoms. The van der Waals surface area contributed by atoms with Gasteiger partial charge in [-0.1, -0.05) is 17.7 Å². The third kappa shape index (κ3) is 6.88. The van der Waals surface area contributed by atoms with E-state index in [4.69, 9.17) is 0 Å². The number of hydrogen-bond donors (Lipinski definition) is 2. The number of esters is 1. The van der Waals surface area contributed by atoms with E-state index in [1.165, 1.54) is 7.11 Å².